The molecule has 2 rings (SSSR count). The van der Waals surface area contributed by atoms with E-state index in [9.17, 15) is 9.59 Å². The SMILES string of the molecule is C=CC(=O)N(C)CC(=O)N1CCCN(CC2CCCO2)CC1. The standard InChI is InChI=1S/C16H27N3O3/c1-3-15(20)17(2)13-16(21)19-8-5-7-18(9-10-19)12-14-6-4-11-22-14/h3,14H,1,4-13H2,2H3. The van der Waals surface area contributed by atoms with Crippen LogP contribution in [-0.4, -0.2) is 85.5 Å². The van der Waals surface area contributed by atoms with Crippen molar-refractivity contribution in [3.05, 3.63) is 12.7 Å². The van der Waals surface area contributed by atoms with Gasteiger partial charge < -0.3 is 14.5 Å². The molecule has 0 spiro atoms. The molecule has 6 heteroatoms. The summed E-state index contributed by atoms with van der Waals surface area (Å²) in [6.45, 7) is 8.78. The van der Waals surface area contributed by atoms with Crippen LogP contribution in [0, 0.1) is 0 Å². The fourth-order valence-corrected chi connectivity index (χ4v) is 3.02. The molecule has 124 valence electrons. The summed E-state index contributed by atoms with van der Waals surface area (Å²) in [7, 11) is 1.63. The van der Waals surface area contributed by atoms with E-state index in [1.54, 1.807) is 7.05 Å². The van der Waals surface area contributed by atoms with Crippen LogP contribution in [0.5, 0.6) is 0 Å². The van der Waals surface area contributed by atoms with E-state index in [0.29, 0.717) is 6.10 Å². The predicted molar refractivity (Wildman–Crippen MR) is 84.4 cm³/mol. The first-order valence-electron chi connectivity index (χ1n) is 8.09. The average Bonchev–Trinajstić information content (AvgIpc) is 2.90. The molecule has 0 aliphatic carbocycles. The molecule has 0 N–H and O–H groups in total. The van der Waals surface area contributed by atoms with Crippen molar-refractivity contribution in [1.82, 2.24) is 14.7 Å². The van der Waals surface area contributed by atoms with Crippen LogP contribution >= 0.6 is 0 Å². The van der Waals surface area contributed by atoms with Crippen molar-refractivity contribution in [2.45, 2.75) is 25.4 Å². The van der Waals surface area contributed by atoms with Gasteiger partial charge in [-0.15, -0.1) is 0 Å². The summed E-state index contributed by atoms with van der Waals surface area (Å²) in [6, 6.07) is 0. The Balaban J connectivity index is 1.77. The second kappa shape index (κ2) is 8.29. The van der Waals surface area contributed by atoms with Crippen molar-refractivity contribution in [1.29, 1.82) is 0 Å². The Hall–Kier alpha value is -1.40. The maximum atomic E-state index is 12.3. The monoisotopic (exact) mass is 309 g/mol. The number of ether oxygens (including phenoxy) is 1. The van der Waals surface area contributed by atoms with E-state index >= 15 is 0 Å². The highest BCUT2D eigenvalue weighted by Gasteiger charge is 2.24. The highest BCUT2D eigenvalue weighted by atomic mass is 16.5. The van der Waals surface area contributed by atoms with Gasteiger partial charge in [0.1, 0.15) is 0 Å². The number of nitrogens with zero attached hydrogens (tertiary/aromatic N) is 3. The van der Waals surface area contributed by atoms with Crippen molar-refractivity contribution in [3.63, 3.8) is 0 Å². The van der Waals surface area contributed by atoms with Gasteiger partial charge in [-0.2, -0.15) is 0 Å². The summed E-state index contributed by atoms with van der Waals surface area (Å²) in [5, 5.41) is 0. The molecule has 2 aliphatic heterocycles. The number of carbonyl (C=O) groups is 2. The minimum Gasteiger partial charge on any atom is -0.377 e. The summed E-state index contributed by atoms with van der Waals surface area (Å²) in [4.78, 5) is 29.4. The Kier molecular flexibility index (Phi) is 6.39. The molecule has 22 heavy (non-hydrogen) atoms. The molecule has 2 saturated heterocycles. The fourth-order valence-electron chi connectivity index (χ4n) is 3.02. The molecular formula is C16H27N3O3. The van der Waals surface area contributed by atoms with Crippen LogP contribution in [0.1, 0.15) is 19.3 Å². The van der Waals surface area contributed by atoms with E-state index in [1.165, 1.54) is 11.0 Å². The molecular weight excluding hydrogens is 282 g/mol. The number of hydrogen-bond acceptors (Lipinski definition) is 4. The summed E-state index contributed by atoms with van der Waals surface area (Å²) in [5.74, 6) is -0.208. The van der Waals surface area contributed by atoms with Crippen molar-refractivity contribution in [3.8, 4) is 0 Å². The Bertz CT molecular complexity index is 407. The van der Waals surface area contributed by atoms with Crippen LogP contribution < -0.4 is 0 Å². The van der Waals surface area contributed by atoms with Gasteiger partial charge in [0.2, 0.25) is 11.8 Å². The lowest BCUT2D eigenvalue weighted by molar-refractivity contribution is -0.137. The zero-order chi connectivity index (χ0) is 15.9. The lowest BCUT2D eigenvalue weighted by atomic mass is 10.2. The van der Waals surface area contributed by atoms with Crippen molar-refractivity contribution < 1.29 is 14.3 Å². The summed E-state index contributed by atoms with van der Waals surface area (Å²) in [5.41, 5.74) is 0. The van der Waals surface area contributed by atoms with Gasteiger partial charge in [0.25, 0.3) is 0 Å². The molecule has 2 amide bonds. The normalized spacial score (nSPS) is 23.1. The molecule has 1 unspecified atom stereocenters. The van der Waals surface area contributed by atoms with E-state index < -0.39 is 0 Å². The molecule has 0 radical (unpaired) electrons. The van der Waals surface area contributed by atoms with Crippen LogP contribution in [-0.2, 0) is 14.3 Å². The van der Waals surface area contributed by atoms with Gasteiger partial charge in [-0.25, -0.2) is 0 Å². The topological polar surface area (TPSA) is 53.1 Å². The zero-order valence-electron chi connectivity index (χ0n) is 13.5. The lowest BCUT2D eigenvalue weighted by Gasteiger charge is -2.25. The van der Waals surface area contributed by atoms with E-state index in [1.807, 2.05) is 4.90 Å². The third-order valence-corrected chi connectivity index (χ3v) is 4.35. The van der Waals surface area contributed by atoms with Crippen LogP contribution in [0.3, 0.4) is 0 Å². The van der Waals surface area contributed by atoms with Crippen LogP contribution in [0.2, 0.25) is 0 Å². The zero-order valence-corrected chi connectivity index (χ0v) is 13.5. The van der Waals surface area contributed by atoms with Crippen molar-refractivity contribution in [2.75, 3.05) is 52.9 Å². The van der Waals surface area contributed by atoms with Crippen LogP contribution in [0.25, 0.3) is 0 Å². The first-order valence-corrected chi connectivity index (χ1v) is 8.09. The first-order chi connectivity index (χ1) is 10.6. The Morgan fingerprint density at radius 1 is 1.27 bits per heavy atom. The number of rotatable bonds is 5. The molecule has 2 fully saturated rings. The maximum Gasteiger partial charge on any atom is 0.246 e. The smallest absolute Gasteiger partial charge is 0.246 e. The van der Waals surface area contributed by atoms with Crippen molar-refractivity contribution >= 4 is 11.8 Å². The second-order valence-corrected chi connectivity index (χ2v) is 6.07. The number of carbonyl (C=O) groups excluding carboxylic acids is 2. The lowest BCUT2D eigenvalue weighted by Crippen LogP contribution is -2.42. The Morgan fingerprint density at radius 3 is 2.77 bits per heavy atom. The van der Waals surface area contributed by atoms with E-state index in [4.69, 9.17) is 4.74 Å². The van der Waals surface area contributed by atoms with E-state index in [0.717, 1.165) is 58.6 Å². The number of likely N-dealkylation sites (N-methyl/N-ethyl adjacent to an activating group) is 1. The van der Waals surface area contributed by atoms with E-state index in [2.05, 4.69) is 11.5 Å². The fraction of sp³-hybridized carbons (Fsp3) is 0.750. The Morgan fingerprint density at radius 2 is 2.09 bits per heavy atom. The van der Waals surface area contributed by atoms with Gasteiger partial charge in [0.05, 0.1) is 12.6 Å². The molecule has 0 aromatic heterocycles. The molecule has 0 bridgehead atoms. The average molecular weight is 309 g/mol. The Labute approximate surface area is 132 Å². The molecule has 1 atom stereocenters. The maximum absolute atomic E-state index is 12.3. The van der Waals surface area contributed by atoms with Gasteiger partial charge in [-0.1, -0.05) is 6.58 Å². The number of hydrogen-bond donors (Lipinski definition) is 0. The summed E-state index contributed by atoms with van der Waals surface area (Å²) in [6.07, 6.45) is 4.87. The van der Waals surface area contributed by atoms with Gasteiger partial charge in [-0.3, -0.25) is 14.5 Å². The third kappa shape index (κ3) is 4.81. The summed E-state index contributed by atoms with van der Waals surface area (Å²) >= 11 is 0. The van der Waals surface area contributed by atoms with Gasteiger partial charge >= 0.3 is 0 Å². The largest absolute Gasteiger partial charge is 0.377 e. The molecule has 0 saturated carbocycles. The first kappa shape index (κ1) is 17.0. The highest BCUT2D eigenvalue weighted by molar-refractivity contribution is 5.90. The van der Waals surface area contributed by atoms with Crippen molar-refractivity contribution in [2.24, 2.45) is 0 Å². The van der Waals surface area contributed by atoms with E-state index in [-0.39, 0.29) is 18.4 Å². The molecule has 0 aromatic rings. The second-order valence-electron chi connectivity index (χ2n) is 6.07. The third-order valence-electron chi connectivity index (χ3n) is 4.35. The molecule has 2 aliphatic rings. The highest BCUT2D eigenvalue weighted by Crippen LogP contribution is 2.14. The van der Waals surface area contributed by atoms with Crippen LogP contribution in [0.4, 0.5) is 0 Å². The quantitative estimate of drug-likeness (QED) is 0.688. The van der Waals surface area contributed by atoms with Gasteiger partial charge in [0, 0.05) is 39.8 Å². The molecule has 6 nitrogen and oxygen atoms in total. The minimum atomic E-state index is -0.219. The predicted octanol–water partition coefficient (Wildman–Crippen LogP) is 0.344. The van der Waals surface area contributed by atoms with Gasteiger partial charge in [-0.05, 0) is 31.9 Å². The minimum absolute atomic E-state index is 0.0108. The molecule has 2 heterocycles. The van der Waals surface area contributed by atoms with Gasteiger partial charge in [0.15, 0.2) is 0 Å². The summed E-state index contributed by atoms with van der Waals surface area (Å²) < 4.78 is 5.69. The van der Waals surface area contributed by atoms with Crippen LogP contribution in [0.15, 0.2) is 12.7 Å². The molecule has 0 aromatic carbocycles. The number of amides is 2.